The number of carbonyl (C=O) groups is 1. The van der Waals surface area contributed by atoms with E-state index in [0.29, 0.717) is 10.6 Å². The number of hydrogen-bond donors (Lipinski definition) is 0. The van der Waals surface area contributed by atoms with E-state index in [-0.39, 0.29) is 12.2 Å². The molecule has 120 valence electrons. The second kappa shape index (κ2) is 5.82. The zero-order valence-corrected chi connectivity index (χ0v) is 13.6. The average molecular weight is 339 g/mol. The van der Waals surface area contributed by atoms with Crippen molar-refractivity contribution in [1.82, 2.24) is 10.0 Å². The van der Waals surface area contributed by atoms with Gasteiger partial charge in [0.15, 0.2) is 0 Å². The lowest BCUT2D eigenvalue weighted by Crippen LogP contribution is -2.32. The maximum absolute atomic E-state index is 12.9. The Kier molecular flexibility index (Phi) is 3.64. The van der Waals surface area contributed by atoms with E-state index >= 15 is 0 Å². The number of rotatable bonds is 2. The van der Waals surface area contributed by atoms with E-state index in [0.717, 1.165) is 30.8 Å². The topological polar surface area (TPSA) is 50.6 Å². The molecule has 0 unspecified atom stereocenters. The Hall–Kier alpha value is -2.55. The summed E-state index contributed by atoms with van der Waals surface area (Å²) in [6.45, 7) is 1.57. The van der Waals surface area contributed by atoms with Crippen LogP contribution in [0.2, 0.25) is 5.02 Å². The number of nitriles is 1. The molecule has 0 spiro atoms. The number of fused-ring (bicyclic) bond motifs is 1. The van der Waals surface area contributed by atoms with Crippen molar-refractivity contribution in [1.29, 1.82) is 5.26 Å². The van der Waals surface area contributed by atoms with Crippen molar-refractivity contribution in [3.63, 3.8) is 0 Å². The van der Waals surface area contributed by atoms with E-state index in [9.17, 15) is 4.79 Å². The molecule has 2 aliphatic rings. The molecule has 1 atom stereocenters. The Morgan fingerprint density at radius 3 is 2.42 bits per heavy atom. The predicted molar refractivity (Wildman–Crippen MR) is 91.3 cm³/mol. The Bertz CT molecular complexity index is 812. The van der Waals surface area contributed by atoms with E-state index in [2.05, 4.69) is 11.1 Å². The van der Waals surface area contributed by atoms with Crippen LogP contribution in [0, 0.1) is 11.3 Å². The zero-order valence-electron chi connectivity index (χ0n) is 12.9. The third kappa shape index (κ3) is 2.32. The van der Waals surface area contributed by atoms with E-state index in [1.807, 2.05) is 24.3 Å². The highest BCUT2D eigenvalue weighted by Gasteiger charge is 2.47. The molecule has 2 amide bonds. The summed E-state index contributed by atoms with van der Waals surface area (Å²) in [6, 6.07) is 16.8. The van der Waals surface area contributed by atoms with Gasteiger partial charge in [-0.3, -0.25) is 9.91 Å². The number of amides is 2. The van der Waals surface area contributed by atoms with Gasteiger partial charge in [-0.05, 0) is 48.4 Å². The predicted octanol–water partition coefficient (Wildman–Crippen LogP) is 3.77. The fourth-order valence-corrected chi connectivity index (χ4v) is 3.48. The lowest BCUT2D eigenvalue weighted by atomic mass is 10.1. The summed E-state index contributed by atoms with van der Waals surface area (Å²) in [5, 5.41) is 13.5. The average Bonchev–Trinajstić information content (AvgIpc) is 3.18. The van der Waals surface area contributed by atoms with Gasteiger partial charge in [-0.25, -0.2) is 4.79 Å². The summed E-state index contributed by atoms with van der Waals surface area (Å²) in [6.07, 6.45) is 0.765. The number of hydrazine groups is 1. The van der Waals surface area contributed by atoms with Gasteiger partial charge >= 0.3 is 6.03 Å². The molecule has 0 N–H and O–H groups in total. The van der Waals surface area contributed by atoms with Crippen LogP contribution in [0.5, 0.6) is 0 Å². The van der Waals surface area contributed by atoms with Gasteiger partial charge in [0.1, 0.15) is 6.17 Å². The Labute approximate surface area is 145 Å². The summed E-state index contributed by atoms with van der Waals surface area (Å²) in [7, 11) is 0. The highest BCUT2D eigenvalue weighted by molar-refractivity contribution is 6.30. The van der Waals surface area contributed by atoms with Gasteiger partial charge in [0.25, 0.3) is 0 Å². The van der Waals surface area contributed by atoms with Crippen LogP contribution in [0.25, 0.3) is 0 Å². The summed E-state index contributed by atoms with van der Waals surface area (Å²) in [5.74, 6) is 0. The maximum Gasteiger partial charge on any atom is 0.340 e. The van der Waals surface area contributed by atoms with Gasteiger partial charge in [0, 0.05) is 23.8 Å². The van der Waals surface area contributed by atoms with Crippen molar-refractivity contribution in [3.8, 4) is 6.07 Å². The minimum Gasteiger partial charge on any atom is -0.271 e. The van der Waals surface area contributed by atoms with Crippen LogP contribution in [0.15, 0.2) is 48.5 Å². The second-order valence-corrected chi connectivity index (χ2v) is 6.31. The molecule has 2 aromatic rings. The molecule has 24 heavy (non-hydrogen) atoms. The fraction of sp³-hybridized carbons (Fsp3) is 0.222. The standard InChI is InChI=1S/C18H15ClN4O/c19-15-6-8-16(9-7-15)23-17(14-4-2-13(12-20)3-5-14)21-10-1-11-22(21)18(23)24/h2-9,17H,1,10-11H2/t17-/m0/s1. The first kappa shape index (κ1) is 15.0. The monoisotopic (exact) mass is 338 g/mol. The Balaban J connectivity index is 1.78. The smallest absolute Gasteiger partial charge is 0.271 e. The van der Waals surface area contributed by atoms with Crippen LogP contribution < -0.4 is 4.90 Å². The first-order chi connectivity index (χ1) is 11.7. The van der Waals surface area contributed by atoms with E-state index in [1.54, 1.807) is 34.2 Å². The molecule has 0 bridgehead atoms. The molecule has 0 aliphatic carbocycles. The molecule has 0 aromatic heterocycles. The highest BCUT2D eigenvalue weighted by Crippen LogP contribution is 2.40. The number of benzene rings is 2. The third-order valence-electron chi connectivity index (χ3n) is 4.46. The first-order valence-electron chi connectivity index (χ1n) is 7.82. The largest absolute Gasteiger partial charge is 0.340 e. The normalized spacial score (nSPS) is 20.3. The van der Waals surface area contributed by atoms with Crippen LogP contribution in [-0.4, -0.2) is 29.1 Å². The molecule has 2 aromatic carbocycles. The number of urea groups is 1. The van der Waals surface area contributed by atoms with Gasteiger partial charge in [-0.2, -0.15) is 10.3 Å². The molecule has 5 nitrogen and oxygen atoms in total. The second-order valence-electron chi connectivity index (χ2n) is 5.88. The first-order valence-corrected chi connectivity index (χ1v) is 8.20. The molecule has 0 saturated carbocycles. The van der Waals surface area contributed by atoms with Crippen molar-refractivity contribution in [2.75, 3.05) is 18.0 Å². The number of anilines is 1. The van der Waals surface area contributed by atoms with Gasteiger partial charge in [-0.1, -0.05) is 23.7 Å². The van der Waals surface area contributed by atoms with E-state index < -0.39 is 0 Å². The fourth-order valence-electron chi connectivity index (χ4n) is 3.36. The molecule has 2 fully saturated rings. The number of hydrogen-bond acceptors (Lipinski definition) is 3. The van der Waals surface area contributed by atoms with E-state index in [4.69, 9.17) is 16.9 Å². The van der Waals surface area contributed by atoms with Gasteiger partial charge in [0.05, 0.1) is 11.6 Å². The molecular formula is C18H15ClN4O. The molecule has 0 radical (unpaired) electrons. The molecule has 2 saturated heterocycles. The minimum atomic E-state index is -0.200. The molecule has 2 heterocycles. The summed E-state index contributed by atoms with van der Waals surface area (Å²) in [4.78, 5) is 14.7. The third-order valence-corrected chi connectivity index (χ3v) is 4.72. The summed E-state index contributed by atoms with van der Waals surface area (Å²) >= 11 is 5.98. The van der Waals surface area contributed by atoms with Crippen molar-refractivity contribution in [3.05, 3.63) is 64.7 Å². The lowest BCUT2D eigenvalue weighted by molar-refractivity contribution is 0.0728. The molecule has 6 heteroatoms. The SMILES string of the molecule is N#Cc1ccc([C@@H]2N(c3ccc(Cl)cc3)C(=O)N3CCCN23)cc1. The minimum absolute atomic E-state index is 0.0239. The van der Waals surface area contributed by atoms with Crippen LogP contribution >= 0.6 is 11.6 Å². The Morgan fingerprint density at radius 2 is 1.75 bits per heavy atom. The highest BCUT2D eigenvalue weighted by atomic mass is 35.5. The summed E-state index contributed by atoms with van der Waals surface area (Å²) in [5.41, 5.74) is 2.41. The lowest BCUT2D eigenvalue weighted by Gasteiger charge is -2.28. The van der Waals surface area contributed by atoms with Crippen molar-refractivity contribution in [2.45, 2.75) is 12.6 Å². The van der Waals surface area contributed by atoms with Gasteiger partial charge in [-0.15, -0.1) is 0 Å². The molecule has 2 aliphatic heterocycles. The van der Waals surface area contributed by atoms with E-state index in [1.165, 1.54) is 0 Å². The zero-order chi connectivity index (χ0) is 16.7. The van der Waals surface area contributed by atoms with Gasteiger partial charge in [0.2, 0.25) is 0 Å². The molecular weight excluding hydrogens is 324 g/mol. The number of carbonyl (C=O) groups excluding carboxylic acids is 1. The maximum atomic E-state index is 12.9. The summed E-state index contributed by atoms with van der Waals surface area (Å²) < 4.78 is 0. The van der Waals surface area contributed by atoms with Crippen LogP contribution in [0.1, 0.15) is 23.7 Å². The van der Waals surface area contributed by atoms with Crippen LogP contribution in [-0.2, 0) is 0 Å². The Morgan fingerprint density at radius 1 is 1.04 bits per heavy atom. The van der Waals surface area contributed by atoms with Crippen LogP contribution in [0.3, 0.4) is 0 Å². The number of nitrogens with zero attached hydrogens (tertiary/aromatic N) is 4. The van der Waals surface area contributed by atoms with Crippen molar-refractivity contribution in [2.24, 2.45) is 0 Å². The van der Waals surface area contributed by atoms with Crippen molar-refractivity contribution >= 4 is 23.3 Å². The van der Waals surface area contributed by atoms with Crippen molar-refractivity contribution < 1.29 is 4.79 Å². The quantitative estimate of drug-likeness (QED) is 0.837. The van der Waals surface area contributed by atoms with Crippen LogP contribution in [0.4, 0.5) is 10.5 Å². The molecule has 4 rings (SSSR count). The number of halogens is 1. The van der Waals surface area contributed by atoms with Gasteiger partial charge < -0.3 is 0 Å².